The molecule has 0 aliphatic carbocycles. The Kier molecular flexibility index (Phi) is 5.76. The van der Waals surface area contributed by atoms with Gasteiger partial charge in [-0.2, -0.15) is 0 Å². The van der Waals surface area contributed by atoms with E-state index in [1.165, 1.54) is 0 Å². The molecule has 1 saturated heterocycles. The molecule has 2 heterocycles. The Labute approximate surface area is 127 Å². The third-order valence-electron chi connectivity index (χ3n) is 3.89. The molecular formula is C15H27N5O. The van der Waals surface area contributed by atoms with Crippen LogP contribution >= 0.6 is 0 Å². The first-order chi connectivity index (χ1) is 10.2. The van der Waals surface area contributed by atoms with Gasteiger partial charge in [0.05, 0.1) is 0 Å². The predicted molar refractivity (Wildman–Crippen MR) is 85.8 cm³/mol. The third kappa shape index (κ3) is 4.04. The lowest BCUT2D eigenvalue weighted by Crippen LogP contribution is -2.52. The Morgan fingerprint density at radius 1 is 1.33 bits per heavy atom. The molecule has 1 atom stereocenters. The molecule has 1 unspecified atom stereocenters. The van der Waals surface area contributed by atoms with E-state index < -0.39 is 0 Å². The molecule has 0 bridgehead atoms. The first-order valence-electron chi connectivity index (χ1n) is 7.77. The zero-order chi connectivity index (χ0) is 15.2. The standard InChI is InChI=1S/C15H27N5O/c1-5-16-13-9-15(18-14(17-13)11-21-4)20-8-7-19(6-2)12(3)10-20/h9,12H,5-8,10-11H2,1-4H3,(H,16,17,18). The number of piperazine rings is 1. The van der Waals surface area contributed by atoms with E-state index >= 15 is 0 Å². The number of hydrogen-bond donors (Lipinski definition) is 1. The maximum Gasteiger partial charge on any atom is 0.158 e. The monoisotopic (exact) mass is 293 g/mol. The van der Waals surface area contributed by atoms with Crippen LogP contribution in [0.25, 0.3) is 0 Å². The van der Waals surface area contributed by atoms with Crippen LogP contribution in [0, 0.1) is 0 Å². The second-order valence-corrected chi connectivity index (χ2v) is 5.41. The van der Waals surface area contributed by atoms with Gasteiger partial charge in [-0.1, -0.05) is 6.92 Å². The highest BCUT2D eigenvalue weighted by Gasteiger charge is 2.23. The molecule has 0 saturated carbocycles. The first kappa shape index (κ1) is 16.0. The summed E-state index contributed by atoms with van der Waals surface area (Å²) >= 11 is 0. The number of ether oxygens (including phenoxy) is 1. The third-order valence-corrected chi connectivity index (χ3v) is 3.89. The Morgan fingerprint density at radius 3 is 2.76 bits per heavy atom. The Morgan fingerprint density at radius 2 is 2.14 bits per heavy atom. The molecule has 1 fully saturated rings. The van der Waals surface area contributed by atoms with Gasteiger partial charge in [-0.3, -0.25) is 4.90 Å². The summed E-state index contributed by atoms with van der Waals surface area (Å²) in [5.41, 5.74) is 0. The normalized spacial score (nSPS) is 19.8. The van der Waals surface area contributed by atoms with Gasteiger partial charge in [-0.05, 0) is 20.4 Å². The number of likely N-dealkylation sites (N-methyl/N-ethyl adjacent to an activating group) is 1. The van der Waals surface area contributed by atoms with Gasteiger partial charge < -0.3 is 15.0 Å². The van der Waals surface area contributed by atoms with Crippen LogP contribution in [-0.2, 0) is 11.3 Å². The van der Waals surface area contributed by atoms with Crippen molar-refractivity contribution in [2.75, 3.05) is 50.1 Å². The Bertz CT molecular complexity index is 429. The van der Waals surface area contributed by atoms with Crippen molar-refractivity contribution in [3.8, 4) is 0 Å². The molecule has 0 radical (unpaired) electrons. The summed E-state index contributed by atoms with van der Waals surface area (Å²) in [5, 5.41) is 3.27. The summed E-state index contributed by atoms with van der Waals surface area (Å²) in [5.74, 6) is 2.60. The van der Waals surface area contributed by atoms with E-state index in [2.05, 4.69) is 45.9 Å². The van der Waals surface area contributed by atoms with E-state index in [0.29, 0.717) is 12.6 Å². The molecule has 118 valence electrons. The summed E-state index contributed by atoms with van der Waals surface area (Å²) in [6.07, 6.45) is 0. The average molecular weight is 293 g/mol. The Hall–Kier alpha value is -1.40. The number of anilines is 2. The molecule has 1 aliphatic rings. The van der Waals surface area contributed by atoms with E-state index in [-0.39, 0.29) is 0 Å². The van der Waals surface area contributed by atoms with Gasteiger partial charge in [0.2, 0.25) is 0 Å². The number of nitrogens with zero attached hydrogens (tertiary/aromatic N) is 4. The molecule has 0 aromatic carbocycles. The highest BCUT2D eigenvalue weighted by molar-refractivity contribution is 5.50. The molecule has 0 spiro atoms. The molecule has 6 heteroatoms. The molecular weight excluding hydrogens is 266 g/mol. The molecule has 1 aliphatic heterocycles. The van der Waals surface area contributed by atoms with E-state index in [1.54, 1.807) is 7.11 Å². The zero-order valence-electron chi connectivity index (χ0n) is 13.6. The maximum atomic E-state index is 5.18. The van der Waals surface area contributed by atoms with Crippen LogP contribution in [0.4, 0.5) is 11.6 Å². The topological polar surface area (TPSA) is 53.5 Å². The summed E-state index contributed by atoms with van der Waals surface area (Å²) in [6.45, 7) is 12.1. The molecule has 1 aromatic heterocycles. The van der Waals surface area contributed by atoms with Gasteiger partial charge in [0.15, 0.2) is 5.82 Å². The van der Waals surface area contributed by atoms with Crippen LogP contribution in [0.1, 0.15) is 26.6 Å². The minimum Gasteiger partial charge on any atom is -0.377 e. The Balaban J connectivity index is 2.18. The second kappa shape index (κ2) is 7.56. The minimum absolute atomic E-state index is 0.441. The molecule has 1 aromatic rings. The molecule has 0 amide bonds. The largest absolute Gasteiger partial charge is 0.377 e. The number of hydrogen-bond acceptors (Lipinski definition) is 6. The lowest BCUT2D eigenvalue weighted by Gasteiger charge is -2.40. The van der Waals surface area contributed by atoms with Gasteiger partial charge in [0.25, 0.3) is 0 Å². The van der Waals surface area contributed by atoms with Gasteiger partial charge in [-0.25, -0.2) is 9.97 Å². The van der Waals surface area contributed by atoms with Crippen LogP contribution in [0.2, 0.25) is 0 Å². The lowest BCUT2D eigenvalue weighted by atomic mass is 10.2. The van der Waals surface area contributed by atoms with Gasteiger partial charge in [0.1, 0.15) is 18.2 Å². The summed E-state index contributed by atoms with van der Waals surface area (Å²) in [7, 11) is 1.67. The maximum absolute atomic E-state index is 5.18. The van der Waals surface area contributed by atoms with Crippen molar-refractivity contribution in [3.63, 3.8) is 0 Å². The van der Waals surface area contributed by atoms with Crippen molar-refractivity contribution >= 4 is 11.6 Å². The zero-order valence-corrected chi connectivity index (χ0v) is 13.6. The molecule has 1 N–H and O–H groups in total. The highest BCUT2D eigenvalue weighted by Crippen LogP contribution is 2.20. The number of aromatic nitrogens is 2. The fraction of sp³-hybridized carbons (Fsp3) is 0.733. The van der Waals surface area contributed by atoms with Gasteiger partial charge in [0, 0.05) is 45.4 Å². The highest BCUT2D eigenvalue weighted by atomic mass is 16.5. The van der Waals surface area contributed by atoms with Crippen molar-refractivity contribution in [1.82, 2.24) is 14.9 Å². The average Bonchev–Trinajstić information content (AvgIpc) is 2.47. The van der Waals surface area contributed by atoms with Crippen molar-refractivity contribution in [1.29, 1.82) is 0 Å². The van der Waals surface area contributed by atoms with E-state index in [9.17, 15) is 0 Å². The molecule has 21 heavy (non-hydrogen) atoms. The van der Waals surface area contributed by atoms with E-state index in [4.69, 9.17) is 4.74 Å². The van der Waals surface area contributed by atoms with Gasteiger partial charge in [-0.15, -0.1) is 0 Å². The summed E-state index contributed by atoms with van der Waals surface area (Å²) in [6, 6.07) is 2.59. The van der Waals surface area contributed by atoms with Crippen molar-refractivity contribution in [3.05, 3.63) is 11.9 Å². The summed E-state index contributed by atoms with van der Waals surface area (Å²) < 4.78 is 5.18. The number of rotatable bonds is 6. The quantitative estimate of drug-likeness (QED) is 0.859. The number of methoxy groups -OCH3 is 1. The van der Waals surface area contributed by atoms with Crippen LogP contribution in [0.5, 0.6) is 0 Å². The van der Waals surface area contributed by atoms with E-state index in [1.807, 2.05) is 6.07 Å². The van der Waals surface area contributed by atoms with Crippen molar-refractivity contribution < 1.29 is 4.74 Å². The first-order valence-corrected chi connectivity index (χ1v) is 7.77. The van der Waals surface area contributed by atoms with Crippen molar-refractivity contribution in [2.45, 2.75) is 33.4 Å². The van der Waals surface area contributed by atoms with Crippen LogP contribution < -0.4 is 10.2 Å². The van der Waals surface area contributed by atoms with Crippen LogP contribution in [0.3, 0.4) is 0 Å². The summed E-state index contributed by atoms with van der Waals surface area (Å²) in [4.78, 5) is 14.0. The molecule has 6 nitrogen and oxygen atoms in total. The fourth-order valence-corrected chi connectivity index (χ4v) is 2.78. The number of nitrogens with one attached hydrogen (secondary N) is 1. The predicted octanol–water partition coefficient (Wildman–Crippen LogP) is 1.59. The second-order valence-electron chi connectivity index (χ2n) is 5.41. The fourth-order valence-electron chi connectivity index (χ4n) is 2.78. The smallest absolute Gasteiger partial charge is 0.158 e. The molecule has 2 rings (SSSR count). The lowest BCUT2D eigenvalue weighted by molar-refractivity contribution is 0.177. The van der Waals surface area contributed by atoms with Crippen molar-refractivity contribution in [2.24, 2.45) is 0 Å². The van der Waals surface area contributed by atoms with E-state index in [0.717, 1.165) is 50.2 Å². The SMILES string of the molecule is CCNc1cc(N2CCN(CC)C(C)C2)nc(COC)n1. The van der Waals surface area contributed by atoms with Crippen LogP contribution in [-0.4, -0.2) is 60.7 Å². The van der Waals surface area contributed by atoms with Crippen LogP contribution in [0.15, 0.2) is 6.07 Å². The minimum atomic E-state index is 0.441. The van der Waals surface area contributed by atoms with Gasteiger partial charge >= 0.3 is 0 Å².